The van der Waals surface area contributed by atoms with Crippen LogP contribution in [0.4, 0.5) is 0 Å². The Kier molecular flexibility index (Phi) is 7.79. The van der Waals surface area contributed by atoms with E-state index in [2.05, 4.69) is 4.98 Å². The molecule has 0 saturated carbocycles. The van der Waals surface area contributed by atoms with Crippen molar-refractivity contribution in [3.63, 3.8) is 0 Å². The highest BCUT2D eigenvalue weighted by molar-refractivity contribution is 6.32. The van der Waals surface area contributed by atoms with Crippen LogP contribution in [0.15, 0.2) is 42.5 Å². The van der Waals surface area contributed by atoms with Gasteiger partial charge in [-0.05, 0) is 51.1 Å². The van der Waals surface area contributed by atoms with Crippen LogP contribution in [0.1, 0.15) is 42.4 Å². The van der Waals surface area contributed by atoms with Gasteiger partial charge in [0.15, 0.2) is 0 Å². The van der Waals surface area contributed by atoms with Crippen molar-refractivity contribution in [1.29, 1.82) is 0 Å². The molecule has 7 nitrogen and oxygen atoms in total. The molecule has 1 aromatic heterocycles. The van der Waals surface area contributed by atoms with E-state index in [0.717, 1.165) is 0 Å². The topological polar surface area (TPSA) is 94.7 Å². The van der Waals surface area contributed by atoms with Gasteiger partial charge in [-0.3, -0.25) is 4.79 Å². The number of ketones is 1. The summed E-state index contributed by atoms with van der Waals surface area (Å²) in [7, 11) is 0. The highest BCUT2D eigenvalue weighted by Crippen LogP contribution is 2.39. The minimum absolute atomic E-state index is 0.0201. The third kappa shape index (κ3) is 4.62. The van der Waals surface area contributed by atoms with Gasteiger partial charge < -0.3 is 19.2 Å². The Morgan fingerprint density at radius 3 is 2.09 bits per heavy atom. The van der Waals surface area contributed by atoms with Crippen LogP contribution in [0, 0.1) is 0 Å². The molecule has 9 heteroatoms. The van der Waals surface area contributed by atoms with Crippen LogP contribution in [0.3, 0.4) is 0 Å². The maximum atomic E-state index is 13.6. The van der Waals surface area contributed by atoms with Crippen molar-refractivity contribution in [3.8, 4) is 0 Å². The molecule has 3 aromatic rings. The van der Waals surface area contributed by atoms with E-state index in [1.54, 1.807) is 57.2 Å². The average molecular weight is 492 g/mol. The Morgan fingerprint density at radius 2 is 1.52 bits per heavy atom. The number of halogens is 2. The third-order valence-corrected chi connectivity index (χ3v) is 5.38. The summed E-state index contributed by atoms with van der Waals surface area (Å²) < 4.78 is 16.3. The molecular formula is C24H23Cl2NO6. The summed E-state index contributed by atoms with van der Waals surface area (Å²) in [5.41, 5.74) is -1.70. The number of benzene rings is 2. The number of carbonyl (C=O) groups is 3. The molecule has 0 atom stereocenters. The van der Waals surface area contributed by atoms with E-state index >= 15 is 0 Å². The molecule has 0 bridgehead atoms. The van der Waals surface area contributed by atoms with Crippen molar-refractivity contribution in [3.05, 3.63) is 69.3 Å². The smallest absolute Gasteiger partial charge is 0.355 e. The summed E-state index contributed by atoms with van der Waals surface area (Å²) >= 11 is 12.3. The molecule has 174 valence electrons. The number of aromatic amines is 1. The van der Waals surface area contributed by atoms with Gasteiger partial charge >= 0.3 is 11.9 Å². The Morgan fingerprint density at radius 1 is 0.879 bits per heavy atom. The standard InChI is InChI=1S/C24H23Cl2NO6/c1-4-31-22(29)24(33-6-3,23(30)32-5-2)19-17-13-16(26)10-11-18(17)27-20(19)21(28)14-8-7-9-15(25)12-14/h7-13,27H,4-6H2,1-3H3. The molecular weight excluding hydrogens is 469 g/mol. The summed E-state index contributed by atoms with van der Waals surface area (Å²) in [5.74, 6) is -2.49. The number of nitrogens with one attached hydrogen (secondary N) is 1. The van der Waals surface area contributed by atoms with Crippen molar-refractivity contribution in [2.24, 2.45) is 0 Å². The summed E-state index contributed by atoms with van der Waals surface area (Å²) in [6.45, 7) is 4.73. The van der Waals surface area contributed by atoms with Crippen molar-refractivity contribution in [2.45, 2.75) is 26.4 Å². The van der Waals surface area contributed by atoms with E-state index in [1.807, 2.05) is 0 Å². The van der Waals surface area contributed by atoms with E-state index < -0.39 is 23.3 Å². The fourth-order valence-corrected chi connectivity index (χ4v) is 4.00. The van der Waals surface area contributed by atoms with Crippen LogP contribution in [0.25, 0.3) is 10.9 Å². The largest absolute Gasteiger partial charge is 0.463 e. The van der Waals surface area contributed by atoms with Crippen LogP contribution in [-0.4, -0.2) is 42.5 Å². The zero-order valence-electron chi connectivity index (χ0n) is 18.4. The van der Waals surface area contributed by atoms with E-state index in [-0.39, 0.29) is 36.6 Å². The zero-order valence-corrected chi connectivity index (χ0v) is 19.9. The number of carbonyl (C=O) groups excluding carboxylic acids is 3. The number of rotatable bonds is 9. The van der Waals surface area contributed by atoms with Crippen molar-refractivity contribution >= 4 is 51.8 Å². The fourth-order valence-electron chi connectivity index (χ4n) is 3.63. The molecule has 0 saturated heterocycles. The second kappa shape index (κ2) is 10.4. The minimum atomic E-state index is -2.35. The number of esters is 2. The van der Waals surface area contributed by atoms with Crippen LogP contribution in [0.2, 0.25) is 10.0 Å². The van der Waals surface area contributed by atoms with Crippen molar-refractivity contribution in [1.82, 2.24) is 4.98 Å². The van der Waals surface area contributed by atoms with Crippen LogP contribution in [-0.2, 0) is 29.4 Å². The van der Waals surface area contributed by atoms with Gasteiger partial charge in [0.2, 0.25) is 5.78 Å². The van der Waals surface area contributed by atoms with Gasteiger partial charge in [0.25, 0.3) is 5.60 Å². The predicted octanol–water partition coefficient (Wildman–Crippen LogP) is 5.06. The number of ether oxygens (including phenoxy) is 3. The molecule has 0 fully saturated rings. The first kappa shape index (κ1) is 24.8. The number of hydrogen-bond donors (Lipinski definition) is 1. The summed E-state index contributed by atoms with van der Waals surface area (Å²) in [5, 5.41) is 1.04. The molecule has 0 unspecified atom stereocenters. The Hall–Kier alpha value is -2.87. The molecule has 33 heavy (non-hydrogen) atoms. The molecule has 2 aromatic carbocycles. The summed E-state index contributed by atoms with van der Waals surface area (Å²) in [6, 6.07) is 11.1. The lowest BCUT2D eigenvalue weighted by atomic mass is 9.88. The van der Waals surface area contributed by atoms with Gasteiger partial charge in [-0.1, -0.05) is 35.3 Å². The SMILES string of the molecule is CCOC(=O)C(OCC)(C(=O)OCC)c1c(C(=O)c2cccc(Cl)c2)[nH]c2ccc(Cl)cc12. The molecule has 0 radical (unpaired) electrons. The lowest BCUT2D eigenvalue weighted by molar-refractivity contribution is -0.192. The lowest BCUT2D eigenvalue weighted by Gasteiger charge is -2.29. The Balaban J connectivity index is 2.42. The molecule has 1 N–H and O–H groups in total. The maximum absolute atomic E-state index is 13.6. The van der Waals surface area contributed by atoms with E-state index in [9.17, 15) is 14.4 Å². The van der Waals surface area contributed by atoms with E-state index in [0.29, 0.717) is 20.9 Å². The second-order valence-corrected chi connectivity index (χ2v) is 7.83. The lowest BCUT2D eigenvalue weighted by Crippen LogP contribution is -2.49. The summed E-state index contributed by atoms with van der Waals surface area (Å²) in [6.07, 6.45) is 0. The van der Waals surface area contributed by atoms with Crippen molar-refractivity contribution in [2.75, 3.05) is 19.8 Å². The average Bonchev–Trinajstić information content (AvgIpc) is 3.16. The number of H-pyrrole nitrogens is 1. The first-order valence-corrected chi connectivity index (χ1v) is 11.2. The molecule has 0 spiro atoms. The molecule has 3 rings (SSSR count). The number of aromatic nitrogens is 1. The van der Waals surface area contributed by atoms with Gasteiger partial charge in [-0.15, -0.1) is 0 Å². The van der Waals surface area contributed by atoms with Crippen LogP contribution < -0.4 is 0 Å². The third-order valence-electron chi connectivity index (χ3n) is 4.91. The van der Waals surface area contributed by atoms with Gasteiger partial charge in [-0.25, -0.2) is 9.59 Å². The van der Waals surface area contributed by atoms with Gasteiger partial charge in [0, 0.05) is 38.7 Å². The molecule has 0 aliphatic heterocycles. The molecule has 1 heterocycles. The van der Waals surface area contributed by atoms with Crippen LogP contribution >= 0.6 is 23.2 Å². The van der Waals surface area contributed by atoms with Gasteiger partial charge in [0.05, 0.1) is 18.9 Å². The first-order valence-electron chi connectivity index (χ1n) is 10.4. The normalized spacial score (nSPS) is 11.4. The highest BCUT2D eigenvalue weighted by atomic mass is 35.5. The van der Waals surface area contributed by atoms with E-state index in [1.165, 1.54) is 6.07 Å². The predicted molar refractivity (Wildman–Crippen MR) is 125 cm³/mol. The van der Waals surface area contributed by atoms with Gasteiger partial charge in [-0.2, -0.15) is 0 Å². The quantitative estimate of drug-likeness (QED) is 0.255. The minimum Gasteiger partial charge on any atom is -0.463 e. The van der Waals surface area contributed by atoms with E-state index in [4.69, 9.17) is 37.4 Å². The maximum Gasteiger partial charge on any atom is 0.355 e. The Labute approximate surface area is 200 Å². The Bertz CT molecular complexity index is 1180. The first-order chi connectivity index (χ1) is 15.8. The highest BCUT2D eigenvalue weighted by Gasteiger charge is 2.55. The number of fused-ring (bicyclic) bond motifs is 1. The molecule has 0 amide bonds. The van der Waals surface area contributed by atoms with Gasteiger partial charge in [0.1, 0.15) is 0 Å². The van der Waals surface area contributed by atoms with Crippen molar-refractivity contribution < 1.29 is 28.6 Å². The molecule has 0 aliphatic rings. The fraction of sp³-hybridized carbons (Fsp3) is 0.292. The zero-order chi connectivity index (χ0) is 24.2. The monoisotopic (exact) mass is 491 g/mol. The summed E-state index contributed by atoms with van der Waals surface area (Å²) in [4.78, 5) is 43.3. The molecule has 0 aliphatic carbocycles. The number of hydrogen-bond acceptors (Lipinski definition) is 6. The second-order valence-electron chi connectivity index (χ2n) is 6.96. The van der Waals surface area contributed by atoms with Crippen LogP contribution in [0.5, 0.6) is 0 Å².